The van der Waals surface area contributed by atoms with E-state index in [1.54, 1.807) is 13.3 Å². The quantitative estimate of drug-likeness (QED) is 0.531. The van der Waals surface area contributed by atoms with E-state index in [2.05, 4.69) is 64.3 Å². The number of rotatable bonds is 5. The number of carbonyl (C=O) groups is 1. The van der Waals surface area contributed by atoms with Crippen molar-refractivity contribution < 1.29 is 9.53 Å². The van der Waals surface area contributed by atoms with Crippen molar-refractivity contribution >= 4 is 34.6 Å². The van der Waals surface area contributed by atoms with Crippen molar-refractivity contribution in [3.8, 4) is 5.75 Å². The molecule has 1 aliphatic heterocycles. The van der Waals surface area contributed by atoms with Crippen LogP contribution < -0.4 is 20.3 Å². The van der Waals surface area contributed by atoms with E-state index in [1.807, 2.05) is 36.4 Å². The molecule has 1 aromatic carbocycles. The van der Waals surface area contributed by atoms with Crippen LogP contribution in [0.15, 0.2) is 61.1 Å². The minimum atomic E-state index is -0.169. The molecular weight excluding hydrogens is 434 g/mol. The Labute approximate surface area is 199 Å². The molecule has 0 aliphatic carbocycles. The molecule has 1 aliphatic rings. The van der Waals surface area contributed by atoms with Crippen LogP contribution in [0.5, 0.6) is 5.75 Å². The molecule has 2 aromatic heterocycles. The van der Waals surface area contributed by atoms with Crippen LogP contribution in [0.3, 0.4) is 0 Å². The Morgan fingerprint density at radius 3 is 2.61 bits per heavy atom. The maximum absolute atomic E-state index is 11.8. The van der Waals surface area contributed by atoms with E-state index in [9.17, 15) is 4.79 Å². The molecule has 2 N–H and O–H groups in total. The van der Waals surface area contributed by atoms with Gasteiger partial charge in [0.2, 0.25) is 5.91 Å². The molecule has 0 bridgehead atoms. The fourth-order valence-electron chi connectivity index (χ4n) is 4.11. The van der Waals surface area contributed by atoms with E-state index in [1.165, 1.54) is 6.92 Å². The molecule has 2 atom stereocenters. The van der Waals surface area contributed by atoms with Gasteiger partial charge < -0.3 is 24.8 Å². The summed E-state index contributed by atoms with van der Waals surface area (Å²) in [5, 5.41) is 6.92. The highest BCUT2D eigenvalue weighted by molar-refractivity contribution is 7.80. The van der Waals surface area contributed by atoms with E-state index in [0.29, 0.717) is 16.5 Å². The number of hydrogen-bond acceptors (Lipinski definition) is 4. The predicted molar refractivity (Wildman–Crippen MR) is 135 cm³/mol. The second kappa shape index (κ2) is 8.86. The number of benzene rings is 1. The van der Waals surface area contributed by atoms with E-state index in [4.69, 9.17) is 17.0 Å². The van der Waals surface area contributed by atoms with Crippen LogP contribution in [-0.2, 0) is 10.3 Å². The molecule has 8 heteroatoms. The van der Waals surface area contributed by atoms with E-state index < -0.39 is 0 Å². The minimum absolute atomic E-state index is 0.0468. The normalized spacial score (nSPS) is 18.2. The van der Waals surface area contributed by atoms with E-state index in [-0.39, 0.29) is 23.5 Å². The summed E-state index contributed by atoms with van der Waals surface area (Å²) in [6.07, 6.45) is 6.06. The third-order valence-electron chi connectivity index (χ3n) is 5.70. The summed E-state index contributed by atoms with van der Waals surface area (Å²) in [4.78, 5) is 18.5. The van der Waals surface area contributed by atoms with Gasteiger partial charge in [0.15, 0.2) is 5.11 Å². The molecule has 1 amide bonds. The Kier molecular flexibility index (Phi) is 6.12. The van der Waals surface area contributed by atoms with Crippen molar-refractivity contribution in [3.05, 3.63) is 72.3 Å². The van der Waals surface area contributed by atoms with Gasteiger partial charge in [-0.3, -0.25) is 9.78 Å². The van der Waals surface area contributed by atoms with Crippen LogP contribution in [0.2, 0.25) is 0 Å². The van der Waals surface area contributed by atoms with E-state index in [0.717, 1.165) is 16.9 Å². The first-order valence-electron chi connectivity index (χ1n) is 10.8. The number of hydrogen-bond donors (Lipinski definition) is 2. The van der Waals surface area contributed by atoms with Crippen LogP contribution in [0.4, 0.5) is 11.4 Å². The number of methoxy groups -OCH3 is 1. The van der Waals surface area contributed by atoms with Crippen molar-refractivity contribution in [2.24, 2.45) is 0 Å². The largest absolute Gasteiger partial charge is 0.495 e. The highest BCUT2D eigenvalue weighted by atomic mass is 32.1. The zero-order valence-electron chi connectivity index (χ0n) is 19.5. The van der Waals surface area contributed by atoms with Gasteiger partial charge in [0.25, 0.3) is 0 Å². The molecule has 0 radical (unpaired) electrons. The minimum Gasteiger partial charge on any atom is -0.495 e. The van der Waals surface area contributed by atoms with Gasteiger partial charge >= 0.3 is 0 Å². The lowest BCUT2D eigenvalue weighted by Crippen LogP contribution is -2.29. The Hall–Kier alpha value is -3.39. The Bertz CT molecular complexity index is 1170. The van der Waals surface area contributed by atoms with Gasteiger partial charge in [-0.25, -0.2) is 0 Å². The number of nitrogens with zero attached hydrogens (tertiary/aromatic N) is 3. The van der Waals surface area contributed by atoms with Gasteiger partial charge in [-0.15, -0.1) is 0 Å². The van der Waals surface area contributed by atoms with Gasteiger partial charge in [0.05, 0.1) is 30.6 Å². The van der Waals surface area contributed by atoms with Gasteiger partial charge in [-0.2, -0.15) is 0 Å². The highest BCUT2D eigenvalue weighted by Crippen LogP contribution is 2.43. The average molecular weight is 464 g/mol. The first kappa shape index (κ1) is 22.8. The SMILES string of the molecule is COc1ccc(N2C(=S)N[C@@H](c3ccccn3)[C@@H]2c2ccn(C(C)(C)C)c2)cc1NC(C)=O. The molecule has 3 heterocycles. The standard InChI is InChI=1S/C25H29N5O2S/c1-16(31)27-20-14-18(9-10-21(20)32-5)30-23(17-11-13-29(15-17)25(2,3)4)22(28-24(30)33)19-8-6-7-12-26-19/h6-15,22-23H,1-5H3,(H,27,31)(H,28,33)/t22-,23-/m0/s1. The summed E-state index contributed by atoms with van der Waals surface area (Å²) in [5.41, 5.74) is 3.42. The maximum atomic E-state index is 11.8. The van der Waals surface area contributed by atoms with Crippen molar-refractivity contribution in [1.29, 1.82) is 0 Å². The number of aromatic nitrogens is 2. The number of ether oxygens (including phenoxy) is 1. The molecule has 7 nitrogen and oxygen atoms in total. The fourth-order valence-corrected chi connectivity index (χ4v) is 4.46. The van der Waals surface area contributed by atoms with Crippen LogP contribution in [0.1, 0.15) is 51.0 Å². The summed E-state index contributed by atoms with van der Waals surface area (Å²) in [6.45, 7) is 7.99. The summed E-state index contributed by atoms with van der Waals surface area (Å²) in [6, 6.07) is 13.4. The zero-order valence-corrected chi connectivity index (χ0v) is 20.3. The van der Waals surface area contributed by atoms with Crippen LogP contribution in [0, 0.1) is 0 Å². The number of thiocarbonyl (C=S) groups is 1. The number of carbonyl (C=O) groups excluding carboxylic acids is 1. The van der Waals surface area contributed by atoms with Crippen molar-refractivity contribution in [2.75, 3.05) is 17.3 Å². The van der Waals surface area contributed by atoms with Gasteiger partial charge in [0, 0.05) is 36.7 Å². The van der Waals surface area contributed by atoms with Crippen LogP contribution >= 0.6 is 12.2 Å². The number of amides is 1. The topological polar surface area (TPSA) is 71.4 Å². The maximum Gasteiger partial charge on any atom is 0.221 e. The first-order chi connectivity index (χ1) is 15.7. The molecule has 3 aromatic rings. The van der Waals surface area contributed by atoms with E-state index >= 15 is 0 Å². The second-order valence-corrected chi connectivity index (χ2v) is 9.47. The van der Waals surface area contributed by atoms with Crippen LogP contribution in [0.25, 0.3) is 0 Å². The van der Waals surface area contributed by atoms with Crippen molar-refractivity contribution in [2.45, 2.75) is 45.3 Å². The number of pyridine rings is 1. The third-order valence-corrected chi connectivity index (χ3v) is 6.02. The molecule has 0 unspecified atom stereocenters. The summed E-state index contributed by atoms with van der Waals surface area (Å²) in [7, 11) is 1.58. The summed E-state index contributed by atoms with van der Waals surface area (Å²) in [5.74, 6) is 0.418. The molecule has 1 saturated heterocycles. The van der Waals surface area contributed by atoms with Crippen molar-refractivity contribution in [3.63, 3.8) is 0 Å². The van der Waals surface area contributed by atoms with Crippen molar-refractivity contribution in [1.82, 2.24) is 14.9 Å². The first-order valence-corrected chi connectivity index (χ1v) is 11.2. The average Bonchev–Trinajstić information content (AvgIpc) is 3.38. The monoisotopic (exact) mass is 463 g/mol. The number of nitrogens with one attached hydrogen (secondary N) is 2. The second-order valence-electron chi connectivity index (χ2n) is 9.09. The molecule has 0 saturated carbocycles. The molecule has 4 rings (SSSR count). The molecule has 1 fully saturated rings. The Morgan fingerprint density at radius 2 is 2.00 bits per heavy atom. The molecule has 172 valence electrons. The highest BCUT2D eigenvalue weighted by Gasteiger charge is 2.41. The summed E-state index contributed by atoms with van der Waals surface area (Å²) >= 11 is 5.81. The van der Waals surface area contributed by atoms with Gasteiger partial charge in [-0.05, 0) is 75.0 Å². The molecule has 0 spiro atoms. The Balaban J connectivity index is 1.83. The number of anilines is 2. The van der Waals surface area contributed by atoms with Gasteiger partial charge in [0.1, 0.15) is 5.75 Å². The van der Waals surface area contributed by atoms with Crippen LogP contribution in [-0.4, -0.2) is 27.7 Å². The smallest absolute Gasteiger partial charge is 0.221 e. The molecule has 33 heavy (non-hydrogen) atoms. The predicted octanol–water partition coefficient (Wildman–Crippen LogP) is 4.78. The Morgan fingerprint density at radius 1 is 1.21 bits per heavy atom. The fraction of sp³-hybridized carbons (Fsp3) is 0.320. The third kappa shape index (κ3) is 4.57. The zero-order chi connectivity index (χ0) is 23.8. The lowest BCUT2D eigenvalue weighted by atomic mass is 9.98. The lowest BCUT2D eigenvalue weighted by molar-refractivity contribution is -0.114. The summed E-state index contributed by atoms with van der Waals surface area (Å²) < 4.78 is 7.64. The van der Waals surface area contributed by atoms with Gasteiger partial charge in [-0.1, -0.05) is 6.07 Å². The lowest BCUT2D eigenvalue weighted by Gasteiger charge is -2.28. The molecular formula is C25H29N5O2S.